The molecule has 0 radical (unpaired) electrons. The molecule has 1 fully saturated rings. The Kier molecular flexibility index (Phi) is 5.56. The van der Waals surface area contributed by atoms with E-state index in [-0.39, 0.29) is 11.8 Å². The molecule has 0 unspecified atom stereocenters. The molecule has 1 amide bonds. The predicted octanol–water partition coefficient (Wildman–Crippen LogP) is 2.62. The SMILES string of the molecule is CC(C)NC(=S)N1CCC(C(=O)Nc2ccccc2)CC1. The van der Waals surface area contributed by atoms with Crippen molar-refractivity contribution in [1.82, 2.24) is 10.2 Å². The van der Waals surface area contributed by atoms with Crippen LogP contribution in [0.2, 0.25) is 0 Å². The highest BCUT2D eigenvalue weighted by Crippen LogP contribution is 2.19. The lowest BCUT2D eigenvalue weighted by atomic mass is 9.96. The first-order valence-electron chi connectivity index (χ1n) is 7.47. The summed E-state index contributed by atoms with van der Waals surface area (Å²) < 4.78 is 0. The van der Waals surface area contributed by atoms with E-state index >= 15 is 0 Å². The zero-order valence-electron chi connectivity index (χ0n) is 12.6. The maximum absolute atomic E-state index is 12.2. The first kappa shape index (κ1) is 15.8. The molecule has 2 N–H and O–H groups in total. The fourth-order valence-electron chi connectivity index (χ4n) is 2.45. The molecule has 0 atom stereocenters. The average Bonchev–Trinajstić information content (AvgIpc) is 2.47. The van der Waals surface area contributed by atoms with Gasteiger partial charge in [-0.3, -0.25) is 4.79 Å². The van der Waals surface area contributed by atoms with Crippen molar-refractivity contribution in [2.75, 3.05) is 18.4 Å². The van der Waals surface area contributed by atoms with Gasteiger partial charge < -0.3 is 15.5 Å². The van der Waals surface area contributed by atoms with Crippen LogP contribution in [-0.2, 0) is 4.79 Å². The van der Waals surface area contributed by atoms with E-state index in [0.29, 0.717) is 6.04 Å². The van der Waals surface area contributed by atoms with Crippen molar-refractivity contribution in [3.8, 4) is 0 Å². The Bertz CT molecular complexity index is 482. The minimum Gasteiger partial charge on any atom is -0.360 e. The van der Waals surface area contributed by atoms with Crippen molar-refractivity contribution in [1.29, 1.82) is 0 Å². The molecular formula is C16H23N3OS. The molecule has 5 heteroatoms. The van der Waals surface area contributed by atoms with Crippen LogP contribution in [0.1, 0.15) is 26.7 Å². The largest absolute Gasteiger partial charge is 0.360 e. The Morgan fingerprint density at radius 1 is 1.24 bits per heavy atom. The maximum atomic E-state index is 12.2. The monoisotopic (exact) mass is 305 g/mol. The van der Waals surface area contributed by atoms with Gasteiger partial charge in [-0.1, -0.05) is 18.2 Å². The second-order valence-corrected chi connectivity index (χ2v) is 6.11. The van der Waals surface area contributed by atoms with E-state index in [4.69, 9.17) is 12.2 Å². The molecule has 0 aliphatic carbocycles. The molecule has 1 aliphatic heterocycles. The smallest absolute Gasteiger partial charge is 0.227 e. The maximum Gasteiger partial charge on any atom is 0.227 e. The molecule has 0 bridgehead atoms. The van der Waals surface area contributed by atoms with Crippen LogP contribution in [0.25, 0.3) is 0 Å². The van der Waals surface area contributed by atoms with E-state index in [1.54, 1.807) is 0 Å². The zero-order chi connectivity index (χ0) is 15.2. The average molecular weight is 305 g/mol. The Labute approximate surface area is 131 Å². The highest BCUT2D eigenvalue weighted by atomic mass is 32.1. The summed E-state index contributed by atoms with van der Waals surface area (Å²) in [5, 5.41) is 7.03. The highest BCUT2D eigenvalue weighted by molar-refractivity contribution is 7.80. The van der Waals surface area contributed by atoms with Gasteiger partial charge >= 0.3 is 0 Å². The van der Waals surface area contributed by atoms with Crippen LogP contribution in [0.15, 0.2) is 30.3 Å². The number of nitrogens with zero attached hydrogens (tertiary/aromatic N) is 1. The summed E-state index contributed by atoms with van der Waals surface area (Å²) in [6.45, 7) is 5.83. The van der Waals surface area contributed by atoms with Crippen LogP contribution >= 0.6 is 12.2 Å². The van der Waals surface area contributed by atoms with Crippen molar-refractivity contribution in [3.05, 3.63) is 30.3 Å². The van der Waals surface area contributed by atoms with E-state index in [0.717, 1.165) is 36.7 Å². The van der Waals surface area contributed by atoms with Gasteiger partial charge in [0.2, 0.25) is 5.91 Å². The predicted molar refractivity (Wildman–Crippen MR) is 90.2 cm³/mol. The van der Waals surface area contributed by atoms with Gasteiger partial charge in [0.15, 0.2) is 5.11 Å². The van der Waals surface area contributed by atoms with Crippen LogP contribution in [0, 0.1) is 5.92 Å². The van der Waals surface area contributed by atoms with Gasteiger partial charge in [0.25, 0.3) is 0 Å². The minimum atomic E-state index is 0.0725. The van der Waals surface area contributed by atoms with Gasteiger partial charge in [-0.2, -0.15) is 0 Å². The summed E-state index contributed by atoms with van der Waals surface area (Å²) in [6, 6.07) is 9.96. The molecule has 21 heavy (non-hydrogen) atoms. The molecular weight excluding hydrogens is 282 g/mol. The summed E-state index contributed by atoms with van der Waals surface area (Å²) >= 11 is 5.37. The number of hydrogen-bond acceptors (Lipinski definition) is 2. The van der Waals surface area contributed by atoms with Crippen molar-refractivity contribution < 1.29 is 4.79 Å². The summed E-state index contributed by atoms with van der Waals surface area (Å²) in [6.07, 6.45) is 1.69. The van der Waals surface area contributed by atoms with Crippen LogP contribution in [0.4, 0.5) is 5.69 Å². The van der Waals surface area contributed by atoms with Crippen molar-refractivity contribution in [3.63, 3.8) is 0 Å². The van der Waals surface area contributed by atoms with E-state index in [1.807, 2.05) is 30.3 Å². The number of likely N-dealkylation sites (tertiary alicyclic amines) is 1. The normalized spacial score (nSPS) is 15.9. The lowest BCUT2D eigenvalue weighted by Crippen LogP contribution is -2.47. The fourth-order valence-corrected chi connectivity index (χ4v) is 2.87. The third kappa shape index (κ3) is 4.70. The Balaban J connectivity index is 1.81. The number of nitrogens with one attached hydrogen (secondary N) is 2. The molecule has 1 heterocycles. The van der Waals surface area contributed by atoms with Gasteiger partial charge in [-0.15, -0.1) is 0 Å². The number of benzene rings is 1. The van der Waals surface area contributed by atoms with Gasteiger partial charge in [0.05, 0.1) is 0 Å². The first-order valence-corrected chi connectivity index (χ1v) is 7.88. The molecule has 1 aromatic rings. The number of hydrogen-bond donors (Lipinski definition) is 2. The molecule has 4 nitrogen and oxygen atoms in total. The summed E-state index contributed by atoms with van der Waals surface area (Å²) in [5.74, 6) is 0.187. The van der Waals surface area contributed by atoms with Crippen LogP contribution in [0.3, 0.4) is 0 Å². The molecule has 1 aliphatic rings. The molecule has 0 aromatic heterocycles. The van der Waals surface area contributed by atoms with Crippen LogP contribution in [0.5, 0.6) is 0 Å². The van der Waals surface area contributed by atoms with Gasteiger partial charge in [-0.25, -0.2) is 0 Å². The first-order chi connectivity index (χ1) is 10.1. The lowest BCUT2D eigenvalue weighted by Gasteiger charge is -2.33. The number of thiocarbonyl (C=S) groups is 1. The second-order valence-electron chi connectivity index (χ2n) is 5.72. The topological polar surface area (TPSA) is 44.4 Å². The zero-order valence-corrected chi connectivity index (χ0v) is 13.5. The molecule has 2 rings (SSSR count). The van der Waals surface area contributed by atoms with Crippen molar-refractivity contribution in [2.24, 2.45) is 5.92 Å². The Hall–Kier alpha value is -1.62. The lowest BCUT2D eigenvalue weighted by molar-refractivity contribution is -0.120. The third-order valence-electron chi connectivity index (χ3n) is 3.61. The van der Waals surface area contributed by atoms with Gasteiger partial charge in [0, 0.05) is 30.7 Å². The quantitative estimate of drug-likeness (QED) is 0.843. The molecule has 114 valence electrons. The fraction of sp³-hybridized carbons (Fsp3) is 0.500. The van der Waals surface area contributed by atoms with E-state index in [2.05, 4.69) is 29.4 Å². The number of amides is 1. The highest BCUT2D eigenvalue weighted by Gasteiger charge is 2.26. The van der Waals surface area contributed by atoms with E-state index in [9.17, 15) is 4.79 Å². The number of carbonyl (C=O) groups excluding carboxylic acids is 1. The molecule has 0 saturated carbocycles. The summed E-state index contributed by atoms with van der Waals surface area (Å²) in [7, 11) is 0. The second kappa shape index (κ2) is 7.41. The van der Waals surface area contributed by atoms with Crippen LogP contribution < -0.4 is 10.6 Å². The van der Waals surface area contributed by atoms with Gasteiger partial charge in [-0.05, 0) is 51.0 Å². The standard InChI is InChI=1S/C16H23N3OS/c1-12(2)17-16(21)19-10-8-13(9-11-19)15(20)18-14-6-4-3-5-7-14/h3-7,12-13H,8-11H2,1-2H3,(H,17,21)(H,18,20). The Morgan fingerprint density at radius 3 is 2.43 bits per heavy atom. The number of anilines is 1. The van der Waals surface area contributed by atoms with Crippen molar-refractivity contribution >= 4 is 28.9 Å². The third-order valence-corrected chi connectivity index (χ3v) is 3.98. The van der Waals surface area contributed by atoms with E-state index < -0.39 is 0 Å². The summed E-state index contributed by atoms with van der Waals surface area (Å²) in [5.41, 5.74) is 0.863. The van der Waals surface area contributed by atoms with Crippen LogP contribution in [-0.4, -0.2) is 35.1 Å². The number of carbonyl (C=O) groups is 1. The number of para-hydroxylation sites is 1. The Morgan fingerprint density at radius 2 is 1.86 bits per heavy atom. The van der Waals surface area contributed by atoms with Gasteiger partial charge in [0.1, 0.15) is 0 Å². The molecule has 0 spiro atoms. The number of piperidine rings is 1. The molecule has 1 saturated heterocycles. The van der Waals surface area contributed by atoms with E-state index in [1.165, 1.54) is 0 Å². The molecule has 1 aromatic carbocycles. The summed E-state index contributed by atoms with van der Waals surface area (Å²) in [4.78, 5) is 14.4. The van der Waals surface area contributed by atoms with Crippen molar-refractivity contribution in [2.45, 2.75) is 32.7 Å². The minimum absolute atomic E-state index is 0.0725. The number of rotatable bonds is 3.